The van der Waals surface area contributed by atoms with Gasteiger partial charge in [-0.05, 0) is 39.0 Å². The molecule has 1 aliphatic heterocycles. The predicted molar refractivity (Wildman–Crippen MR) is 141 cm³/mol. The highest BCUT2D eigenvalue weighted by atomic mass is 35.5. The number of piperazine rings is 1. The van der Waals surface area contributed by atoms with E-state index in [0.717, 1.165) is 0 Å². The molecule has 2 aromatic carbocycles. The van der Waals surface area contributed by atoms with Gasteiger partial charge in [-0.1, -0.05) is 53.5 Å². The van der Waals surface area contributed by atoms with E-state index in [1.54, 1.807) is 35.8 Å². The van der Waals surface area contributed by atoms with Crippen molar-refractivity contribution in [3.8, 4) is 11.3 Å². The molecule has 3 aromatic rings. The first kappa shape index (κ1) is 26.6. The molecule has 0 spiro atoms. The number of ether oxygens (including phenoxy) is 1. The molecule has 1 aliphatic rings. The summed E-state index contributed by atoms with van der Waals surface area (Å²) < 4.78 is 5.28. The van der Waals surface area contributed by atoms with Gasteiger partial charge in [-0.3, -0.25) is 9.59 Å². The van der Waals surface area contributed by atoms with Gasteiger partial charge < -0.3 is 14.5 Å². The fraction of sp³-hybridized carbons (Fsp3) is 0.296. The van der Waals surface area contributed by atoms with Crippen LogP contribution in [0.3, 0.4) is 0 Å². The molecule has 37 heavy (non-hydrogen) atoms. The Hall–Kier alpha value is -3.49. The average Bonchev–Trinajstić information content (AvgIpc) is 2.88. The van der Waals surface area contributed by atoms with E-state index in [1.165, 1.54) is 6.07 Å². The molecule has 0 radical (unpaired) electrons. The summed E-state index contributed by atoms with van der Waals surface area (Å²) in [7, 11) is 0. The van der Waals surface area contributed by atoms with Gasteiger partial charge in [0, 0.05) is 36.3 Å². The number of hydrogen-bond donors (Lipinski definition) is 0. The lowest BCUT2D eigenvalue weighted by Gasteiger charge is -2.40. The van der Waals surface area contributed by atoms with Crippen molar-refractivity contribution in [3.05, 3.63) is 81.2 Å². The fourth-order valence-corrected chi connectivity index (χ4v) is 4.83. The lowest BCUT2D eigenvalue weighted by atomic mass is 10.0. The van der Waals surface area contributed by atoms with Crippen molar-refractivity contribution in [2.24, 2.45) is 0 Å². The number of carbonyl (C=O) groups excluding carboxylic acids is 3. The van der Waals surface area contributed by atoms with Crippen LogP contribution in [0.15, 0.2) is 48.5 Å². The molecule has 0 N–H and O–H groups in total. The summed E-state index contributed by atoms with van der Waals surface area (Å²) in [6.07, 6.45) is 0. The Kier molecular flexibility index (Phi) is 8.10. The van der Waals surface area contributed by atoms with Crippen molar-refractivity contribution >= 4 is 41.0 Å². The number of rotatable bonds is 5. The molecular formula is C27H26Cl2N4O4. The summed E-state index contributed by atoms with van der Waals surface area (Å²) in [6.45, 7) is 6.16. The maximum atomic E-state index is 13.7. The smallest absolute Gasteiger partial charge is 0.342 e. The Balaban J connectivity index is 1.64. The second kappa shape index (κ2) is 11.3. The Morgan fingerprint density at radius 3 is 2.41 bits per heavy atom. The van der Waals surface area contributed by atoms with Crippen molar-refractivity contribution < 1.29 is 19.1 Å². The van der Waals surface area contributed by atoms with E-state index in [1.807, 2.05) is 37.3 Å². The van der Waals surface area contributed by atoms with Gasteiger partial charge in [-0.2, -0.15) is 0 Å². The van der Waals surface area contributed by atoms with Gasteiger partial charge in [0.1, 0.15) is 17.1 Å². The van der Waals surface area contributed by atoms with Gasteiger partial charge in [-0.15, -0.1) is 0 Å². The molecule has 2 heterocycles. The molecule has 192 valence electrons. The summed E-state index contributed by atoms with van der Waals surface area (Å²) in [5.41, 5.74) is 1.38. The van der Waals surface area contributed by atoms with E-state index in [4.69, 9.17) is 27.9 Å². The van der Waals surface area contributed by atoms with Crippen molar-refractivity contribution in [1.29, 1.82) is 0 Å². The normalized spacial score (nSPS) is 15.4. The number of carbonyl (C=O) groups is 3. The Morgan fingerprint density at radius 2 is 1.76 bits per heavy atom. The highest BCUT2D eigenvalue weighted by Crippen LogP contribution is 2.27. The molecule has 1 unspecified atom stereocenters. The van der Waals surface area contributed by atoms with Gasteiger partial charge >= 0.3 is 5.97 Å². The minimum atomic E-state index is -0.663. The average molecular weight is 541 g/mol. The van der Waals surface area contributed by atoms with Crippen molar-refractivity contribution in [2.75, 3.05) is 26.2 Å². The molecular weight excluding hydrogens is 515 g/mol. The van der Waals surface area contributed by atoms with Crippen LogP contribution in [0.5, 0.6) is 0 Å². The van der Waals surface area contributed by atoms with E-state index in [2.05, 4.69) is 9.97 Å². The maximum Gasteiger partial charge on any atom is 0.342 e. The molecule has 1 fully saturated rings. The number of aryl methyl sites for hydroxylation is 1. The molecule has 0 bridgehead atoms. The number of halogens is 2. The highest BCUT2D eigenvalue weighted by Gasteiger charge is 2.35. The third-order valence-electron chi connectivity index (χ3n) is 6.09. The maximum absolute atomic E-state index is 13.7. The van der Waals surface area contributed by atoms with Crippen LogP contribution in [0.4, 0.5) is 0 Å². The fourth-order valence-electron chi connectivity index (χ4n) is 4.34. The van der Waals surface area contributed by atoms with Gasteiger partial charge in [0.05, 0.1) is 22.9 Å². The molecule has 1 atom stereocenters. The number of esters is 1. The van der Waals surface area contributed by atoms with Crippen LogP contribution < -0.4 is 0 Å². The standard InChI is InChI=1S/C27H26Cl2N4O4/c1-4-37-27(36)22-23(18-8-6-5-7-9-18)30-17(3)31-24(22)26(35)32-12-13-33(16(2)15-32)25(34)20-11-10-19(28)14-21(20)29/h5-11,14,16H,4,12-13,15H2,1-3H3. The van der Waals surface area contributed by atoms with E-state index >= 15 is 0 Å². The molecule has 10 heteroatoms. The number of hydrogen-bond acceptors (Lipinski definition) is 6. The largest absolute Gasteiger partial charge is 0.462 e. The zero-order valence-electron chi connectivity index (χ0n) is 20.7. The zero-order valence-corrected chi connectivity index (χ0v) is 22.2. The monoisotopic (exact) mass is 540 g/mol. The van der Waals surface area contributed by atoms with E-state index in [9.17, 15) is 14.4 Å². The Morgan fingerprint density at radius 1 is 1.03 bits per heavy atom. The number of aromatic nitrogens is 2. The minimum Gasteiger partial charge on any atom is -0.462 e. The molecule has 0 saturated carbocycles. The topological polar surface area (TPSA) is 92.7 Å². The highest BCUT2D eigenvalue weighted by molar-refractivity contribution is 6.36. The van der Waals surface area contributed by atoms with Crippen LogP contribution in [0.25, 0.3) is 11.3 Å². The predicted octanol–water partition coefficient (Wildman–Crippen LogP) is 4.92. The third-order valence-corrected chi connectivity index (χ3v) is 6.64. The number of amides is 2. The van der Waals surface area contributed by atoms with Crippen molar-refractivity contribution in [1.82, 2.24) is 19.8 Å². The lowest BCUT2D eigenvalue weighted by molar-refractivity contribution is 0.0406. The Bertz CT molecular complexity index is 1350. The molecule has 4 rings (SSSR count). The third kappa shape index (κ3) is 5.60. The first-order chi connectivity index (χ1) is 17.7. The second-order valence-corrected chi connectivity index (χ2v) is 9.50. The summed E-state index contributed by atoms with van der Waals surface area (Å²) in [5, 5.41) is 0.713. The van der Waals surface area contributed by atoms with E-state index in [0.29, 0.717) is 27.7 Å². The summed E-state index contributed by atoms with van der Waals surface area (Å²) in [5.74, 6) is -0.967. The SMILES string of the molecule is CCOC(=O)c1c(C(=O)N2CCN(C(=O)c3ccc(Cl)cc3Cl)C(C)C2)nc(C)nc1-c1ccccc1. The van der Waals surface area contributed by atoms with Gasteiger partial charge in [0.15, 0.2) is 0 Å². The quantitative estimate of drug-likeness (QED) is 0.426. The number of benzene rings is 2. The van der Waals surface area contributed by atoms with Crippen LogP contribution in [-0.2, 0) is 4.74 Å². The van der Waals surface area contributed by atoms with Crippen molar-refractivity contribution in [3.63, 3.8) is 0 Å². The molecule has 1 aromatic heterocycles. The molecule has 8 nitrogen and oxygen atoms in total. The van der Waals surface area contributed by atoms with Crippen molar-refractivity contribution in [2.45, 2.75) is 26.8 Å². The van der Waals surface area contributed by atoms with Gasteiger partial charge in [0.2, 0.25) is 0 Å². The summed E-state index contributed by atoms with van der Waals surface area (Å²) in [6, 6.07) is 13.6. The molecule has 2 amide bonds. The van der Waals surface area contributed by atoms with Gasteiger partial charge in [-0.25, -0.2) is 14.8 Å². The summed E-state index contributed by atoms with van der Waals surface area (Å²) in [4.78, 5) is 52.0. The van der Waals surface area contributed by atoms with E-state index < -0.39 is 11.9 Å². The second-order valence-electron chi connectivity index (χ2n) is 8.65. The van der Waals surface area contributed by atoms with E-state index in [-0.39, 0.29) is 54.5 Å². The Labute approximate surface area is 225 Å². The van der Waals surface area contributed by atoms with Crippen LogP contribution in [-0.4, -0.2) is 69.8 Å². The van der Waals surface area contributed by atoms with Crippen LogP contribution in [0.2, 0.25) is 10.0 Å². The molecule has 0 aliphatic carbocycles. The van der Waals surface area contributed by atoms with Crippen LogP contribution in [0, 0.1) is 6.92 Å². The van der Waals surface area contributed by atoms with Crippen LogP contribution in [0.1, 0.15) is 50.9 Å². The summed E-state index contributed by atoms with van der Waals surface area (Å²) >= 11 is 12.2. The number of nitrogens with zero attached hydrogens (tertiary/aromatic N) is 4. The molecule has 1 saturated heterocycles. The first-order valence-electron chi connectivity index (χ1n) is 11.9. The zero-order chi connectivity index (χ0) is 26.7. The van der Waals surface area contributed by atoms with Crippen LogP contribution >= 0.6 is 23.2 Å². The first-order valence-corrected chi connectivity index (χ1v) is 12.6. The minimum absolute atomic E-state index is 0.0162. The lowest BCUT2D eigenvalue weighted by Crippen LogP contribution is -2.55. The van der Waals surface area contributed by atoms with Gasteiger partial charge in [0.25, 0.3) is 11.8 Å².